The summed E-state index contributed by atoms with van der Waals surface area (Å²) < 4.78 is 68.9. The van der Waals surface area contributed by atoms with Crippen LogP contribution in [0.5, 0.6) is 0 Å². The molecule has 0 aromatic carbocycles. The van der Waals surface area contributed by atoms with Crippen molar-refractivity contribution in [3.8, 4) is 0 Å². The molecule has 0 aromatic heterocycles. The molecule has 3 N–H and O–H groups in total. The summed E-state index contributed by atoms with van der Waals surface area (Å²) in [4.78, 5) is 73.2. The Kier molecular flexibility index (Phi) is 75.6. The number of phosphoric acid groups is 2. The van der Waals surface area contributed by atoms with Crippen LogP contribution in [-0.2, 0) is 65.4 Å². The first-order chi connectivity index (χ1) is 51.2. The highest BCUT2D eigenvalue weighted by Gasteiger charge is 2.30. The van der Waals surface area contributed by atoms with Crippen LogP contribution in [0.4, 0.5) is 0 Å². The first kappa shape index (κ1) is 104. The summed E-state index contributed by atoms with van der Waals surface area (Å²) in [5.74, 6) is 0.173. The van der Waals surface area contributed by atoms with Gasteiger partial charge in [0, 0.05) is 25.7 Å². The smallest absolute Gasteiger partial charge is 0.462 e. The second kappa shape index (κ2) is 77.0. The van der Waals surface area contributed by atoms with Crippen molar-refractivity contribution in [1.29, 1.82) is 0 Å². The Labute approximate surface area is 651 Å². The molecular weight excluding hydrogens is 1380 g/mol. The van der Waals surface area contributed by atoms with Crippen molar-refractivity contribution in [3.05, 3.63) is 0 Å². The molecular formula is C87H170O17P2. The van der Waals surface area contributed by atoms with Gasteiger partial charge in [0.1, 0.15) is 19.3 Å². The van der Waals surface area contributed by atoms with E-state index in [1.54, 1.807) is 0 Å². The van der Waals surface area contributed by atoms with Crippen LogP contribution in [-0.4, -0.2) is 96.7 Å². The first-order valence-electron chi connectivity index (χ1n) is 44.8. The van der Waals surface area contributed by atoms with E-state index in [0.29, 0.717) is 31.6 Å². The maximum Gasteiger partial charge on any atom is 0.472 e. The molecule has 0 rings (SSSR count). The highest BCUT2D eigenvalue weighted by molar-refractivity contribution is 7.47. The number of hydrogen-bond acceptors (Lipinski definition) is 15. The van der Waals surface area contributed by atoms with Crippen LogP contribution in [0.25, 0.3) is 0 Å². The number of phosphoric ester groups is 2. The summed E-state index contributed by atoms with van der Waals surface area (Å²) in [5.41, 5.74) is 0. The number of hydrogen-bond donors (Lipinski definition) is 3. The molecule has 0 aliphatic carbocycles. The predicted molar refractivity (Wildman–Crippen MR) is 437 cm³/mol. The average Bonchev–Trinajstić information content (AvgIpc) is 0.912. The fraction of sp³-hybridized carbons (Fsp3) is 0.954. The van der Waals surface area contributed by atoms with Gasteiger partial charge in [-0.1, -0.05) is 408 Å². The zero-order valence-electron chi connectivity index (χ0n) is 69.9. The molecule has 0 spiro atoms. The second-order valence-electron chi connectivity index (χ2n) is 32.7. The minimum atomic E-state index is -4.97. The second-order valence-corrected chi connectivity index (χ2v) is 35.6. The molecule has 0 aromatic rings. The molecule has 0 fully saturated rings. The predicted octanol–water partition coefficient (Wildman–Crippen LogP) is 26.5. The van der Waals surface area contributed by atoms with Gasteiger partial charge in [0.05, 0.1) is 26.4 Å². The standard InChI is InChI=1S/C87H170O17P2/c1-8-9-10-11-12-13-14-15-16-17-18-19-20-21-26-29-32-35-41-48-56-63-70-86(91)103-82(74-97-84(89)68-61-54-47-40-34-31-28-25-23-22-24-27-30-33-38-44-51-58-65-78(2)3)76-101-105(93,94)99-72-81(88)73-100-106(95,96)102-77-83(75-98-85(90)69-62-55-50-43-46-53-60-67-80(6)7)104-87(92)71-64-57-49-42-37-36-39-45-52-59-66-79(4)5/h78-83,88H,8-77H2,1-7H3,(H,93,94)(H,95,96)/t81-,82-,83-/m1/s1. The largest absolute Gasteiger partial charge is 0.472 e. The van der Waals surface area contributed by atoms with Gasteiger partial charge in [-0.25, -0.2) is 9.13 Å². The van der Waals surface area contributed by atoms with Gasteiger partial charge in [-0.05, 0) is 43.4 Å². The van der Waals surface area contributed by atoms with Crippen LogP contribution >= 0.6 is 15.6 Å². The third kappa shape index (κ3) is 80.1. The summed E-state index contributed by atoms with van der Waals surface area (Å²) in [5, 5.41) is 10.7. The lowest BCUT2D eigenvalue weighted by Crippen LogP contribution is -2.30. The fourth-order valence-corrected chi connectivity index (χ4v) is 15.1. The van der Waals surface area contributed by atoms with Crippen LogP contribution in [0.1, 0.15) is 459 Å². The Morgan fingerprint density at radius 2 is 0.434 bits per heavy atom. The Hall–Kier alpha value is -1.94. The minimum absolute atomic E-state index is 0.105. The van der Waals surface area contributed by atoms with Gasteiger partial charge < -0.3 is 33.8 Å². The first-order valence-corrected chi connectivity index (χ1v) is 47.8. The summed E-state index contributed by atoms with van der Waals surface area (Å²) in [6.07, 6.45) is 68.4. The fourth-order valence-electron chi connectivity index (χ4n) is 13.5. The quantitative estimate of drug-likeness (QED) is 0.0222. The molecule has 2 unspecified atom stereocenters. The number of carbonyl (C=O) groups excluding carboxylic acids is 4. The Morgan fingerprint density at radius 3 is 0.642 bits per heavy atom. The minimum Gasteiger partial charge on any atom is -0.462 e. The van der Waals surface area contributed by atoms with Crippen molar-refractivity contribution in [2.75, 3.05) is 39.6 Å². The molecule has 0 bridgehead atoms. The number of esters is 4. The Bertz CT molecular complexity index is 2040. The highest BCUT2D eigenvalue weighted by atomic mass is 31.2. The van der Waals surface area contributed by atoms with Gasteiger partial charge in [0.25, 0.3) is 0 Å². The number of carbonyl (C=O) groups is 4. The van der Waals surface area contributed by atoms with Crippen molar-refractivity contribution >= 4 is 39.5 Å². The van der Waals surface area contributed by atoms with Crippen LogP contribution in [0.15, 0.2) is 0 Å². The van der Waals surface area contributed by atoms with Crippen molar-refractivity contribution in [1.82, 2.24) is 0 Å². The van der Waals surface area contributed by atoms with Gasteiger partial charge in [-0.3, -0.25) is 37.3 Å². The van der Waals surface area contributed by atoms with E-state index >= 15 is 0 Å². The summed E-state index contributed by atoms with van der Waals surface area (Å²) in [6, 6.07) is 0. The van der Waals surface area contributed by atoms with Gasteiger partial charge in [0.15, 0.2) is 12.2 Å². The zero-order valence-corrected chi connectivity index (χ0v) is 71.7. The van der Waals surface area contributed by atoms with Crippen molar-refractivity contribution < 1.29 is 80.2 Å². The zero-order chi connectivity index (χ0) is 77.9. The monoisotopic (exact) mass is 1550 g/mol. The Morgan fingerprint density at radius 1 is 0.255 bits per heavy atom. The molecule has 5 atom stereocenters. The summed E-state index contributed by atoms with van der Waals surface area (Å²) >= 11 is 0. The number of ether oxygens (including phenoxy) is 4. The topological polar surface area (TPSA) is 237 Å². The lowest BCUT2D eigenvalue weighted by molar-refractivity contribution is -0.161. The molecule has 0 radical (unpaired) electrons. The van der Waals surface area contributed by atoms with Crippen molar-refractivity contribution in [2.24, 2.45) is 17.8 Å². The van der Waals surface area contributed by atoms with Crippen LogP contribution < -0.4 is 0 Å². The normalized spacial score (nSPS) is 13.9. The van der Waals surface area contributed by atoms with E-state index in [9.17, 15) is 43.2 Å². The van der Waals surface area contributed by atoms with E-state index in [1.807, 2.05) is 0 Å². The van der Waals surface area contributed by atoms with E-state index in [-0.39, 0.29) is 25.7 Å². The molecule has 0 aliphatic heterocycles. The maximum atomic E-state index is 13.2. The van der Waals surface area contributed by atoms with Crippen LogP contribution in [0, 0.1) is 17.8 Å². The van der Waals surface area contributed by atoms with Crippen LogP contribution in [0.2, 0.25) is 0 Å². The Balaban J connectivity index is 5.20. The number of aliphatic hydroxyl groups excluding tert-OH is 1. The van der Waals surface area contributed by atoms with Crippen molar-refractivity contribution in [2.45, 2.75) is 478 Å². The molecule has 0 aliphatic rings. The highest BCUT2D eigenvalue weighted by Crippen LogP contribution is 2.45. The molecule has 0 saturated heterocycles. The molecule has 0 saturated carbocycles. The van der Waals surface area contributed by atoms with E-state index < -0.39 is 97.5 Å². The van der Waals surface area contributed by atoms with E-state index in [2.05, 4.69) is 48.5 Å². The third-order valence-electron chi connectivity index (χ3n) is 20.4. The molecule has 630 valence electrons. The van der Waals surface area contributed by atoms with E-state index in [1.165, 1.54) is 263 Å². The van der Waals surface area contributed by atoms with Gasteiger partial charge in [-0.2, -0.15) is 0 Å². The van der Waals surface area contributed by atoms with Crippen LogP contribution in [0.3, 0.4) is 0 Å². The molecule has 19 heteroatoms. The summed E-state index contributed by atoms with van der Waals surface area (Å²) in [6.45, 7) is 11.9. The lowest BCUT2D eigenvalue weighted by atomic mass is 10.0. The molecule has 106 heavy (non-hydrogen) atoms. The summed E-state index contributed by atoms with van der Waals surface area (Å²) in [7, 11) is -9.93. The number of rotatable bonds is 85. The molecule has 0 amide bonds. The molecule has 17 nitrogen and oxygen atoms in total. The number of unbranched alkanes of at least 4 members (excludes halogenated alkanes) is 53. The third-order valence-corrected chi connectivity index (χ3v) is 22.3. The van der Waals surface area contributed by atoms with Gasteiger partial charge in [-0.15, -0.1) is 0 Å². The van der Waals surface area contributed by atoms with E-state index in [0.717, 1.165) is 108 Å². The lowest BCUT2D eigenvalue weighted by Gasteiger charge is -2.21. The average molecular weight is 1550 g/mol. The van der Waals surface area contributed by atoms with E-state index in [4.69, 9.17) is 37.0 Å². The molecule has 0 heterocycles. The van der Waals surface area contributed by atoms with Gasteiger partial charge >= 0.3 is 39.5 Å². The SMILES string of the molecule is CCCCCCCCCCCCCCCCCCCCCCCCC(=O)O[C@H](COC(=O)CCCCCCCCCCCCCCCCCCCCC(C)C)COP(=O)(O)OC[C@@H](O)COP(=O)(O)OC[C@@H](COC(=O)CCCCCCCCCC(C)C)OC(=O)CCCCCCCCCCCCC(C)C. The van der Waals surface area contributed by atoms with Crippen molar-refractivity contribution in [3.63, 3.8) is 0 Å². The number of aliphatic hydroxyl groups is 1. The maximum absolute atomic E-state index is 13.2. The van der Waals surface area contributed by atoms with Gasteiger partial charge in [0.2, 0.25) is 0 Å².